The molecule has 0 bridgehead atoms. The van der Waals surface area contributed by atoms with Crippen LogP contribution in [0.2, 0.25) is 0 Å². The van der Waals surface area contributed by atoms with E-state index < -0.39 is 0 Å². The number of hydrogen-bond donors (Lipinski definition) is 2. The van der Waals surface area contributed by atoms with Gasteiger partial charge in [-0.15, -0.1) is 12.4 Å². The average Bonchev–Trinajstić information content (AvgIpc) is 2.78. The summed E-state index contributed by atoms with van der Waals surface area (Å²) in [7, 11) is 0. The summed E-state index contributed by atoms with van der Waals surface area (Å²) in [5.41, 5.74) is 6.55. The minimum Gasteiger partial charge on any atom is -0.356 e. The topological polar surface area (TPSA) is 60.1 Å². The maximum atomic E-state index is 11.2. The van der Waals surface area contributed by atoms with Crippen molar-refractivity contribution in [2.24, 2.45) is 5.73 Å². The van der Waals surface area contributed by atoms with Crippen molar-refractivity contribution in [2.45, 2.75) is 19.4 Å². The van der Waals surface area contributed by atoms with Gasteiger partial charge in [0.25, 0.3) is 0 Å². The van der Waals surface area contributed by atoms with Gasteiger partial charge in [0.1, 0.15) is 0 Å². The molecule has 0 spiro atoms. The van der Waals surface area contributed by atoms with Gasteiger partial charge in [0.05, 0.1) is 0 Å². The third-order valence-corrected chi connectivity index (χ3v) is 2.95. The van der Waals surface area contributed by atoms with Crippen LogP contribution in [-0.4, -0.2) is 23.6 Å². The molecule has 1 heterocycles. The standard InChI is InChI=1S/C14H19N3O.ClH/c15-8-6-14(18)16-9-3-10-17-11-7-12-4-1-2-5-13(12)17;/h1-2,4-5,7,11H,3,6,8-10,15H2,(H,16,18);1H. The monoisotopic (exact) mass is 281 g/mol. The van der Waals surface area contributed by atoms with Crippen LogP contribution in [0, 0.1) is 0 Å². The number of nitrogens with zero attached hydrogens (tertiary/aromatic N) is 1. The van der Waals surface area contributed by atoms with Crippen LogP contribution in [0.3, 0.4) is 0 Å². The second-order valence-corrected chi connectivity index (χ2v) is 4.31. The van der Waals surface area contributed by atoms with Crippen LogP contribution in [0.4, 0.5) is 0 Å². The summed E-state index contributed by atoms with van der Waals surface area (Å²) in [5.74, 6) is 0.0369. The smallest absolute Gasteiger partial charge is 0.221 e. The van der Waals surface area contributed by atoms with Gasteiger partial charge in [-0.1, -0.05) is 18.2 Å². The molecule has 4 nitrogen and oxygen atoms in total. The van der Waals surface area contributed by atoms with Gasteiger partial charge >= 0.3 is 0 Å². The number of carbonyl (C=O) groups is 1. The number of nitrogens with two attached hydrogens (primary N) is 1. The second kappa shape index (κ2) is 7.81. The quantitative estimate of drug-likeness (QED) is 0.795. The van der Waals surface area contributed by atoms with E-state index in [-0.39, 0.29) is 18.3 Å². The number of aromatic nitrogens is 1. The number of carbonyl (C=O) groups excluding carboxylic acids is 1. The number of para-hydroxylation sites is 1. The highest BCUT2D eigenvalue weighted by molar-refractivity contribution is 5.85. The van der Waals surface area contributed by atoms with E-state index in [9.17, 15) is 4.79 Å². The van der Waals surface area contributed by atoms with E-state index in [1.807, 2.05) is 12.1 Å². The van der Waals surface area contributed by atoms with E-state index in [4.69, 9.17) is 5.73 Å². The van der Waals surface area contributed by atoms with Crippen LogP contribution in [0.5, 0.6) is 0 Å². The fraction of sp³-hybridized carbons (Fsp3) is 0.357. The number of aryl methyl sites for hydroxylation is 1. The maximum Gasteiger partial charge on any atom is 0.221 e. The van der Waals surface area contributed by atoms with E-state index in [0.29, 0.717) is 19.5 Å². The molecule has 3 N–H and O–H groups in total. The van der Waals surface area contributed by atoms with Crippen molar-refractivity contribution >= 4 is 29.2 Å². The fourth-order valence-corrected chi connectivity index (χ4v) is 2.03. The van der Waals surface area contributed by atoms with Crippen LogP contribution in [0.1, 0.15) is 12.8 Å². The molecule has 0 saturated carbocycles. The van der Waals surface area contributed by atoms with Gasteiger partial charge in [0.15, 0.2) is 0 Å². The number of halogens is 1. The molecule has 0 saturated heterocycles. The molecule has 0 radical (unpaired) electrons. The minimum atomic E-state index is 0. The maximum absolute atomic E-state index is 11.2. The lowest BCUT2D eigenvalue weighted by molar-refractivity contribution is -0.120. The zero-order chi connectivity index (χ0) is 12.8. The summed E-state index contributed by atoms with van der Waals surface area (Å²) >= 11 is 0. The first kappa shape index (κ1) is 15.5. The Balaban J connectivity index is 0.00000180. The Morgan fingerprint density at radius 1 is 1.26 bits per heavy atom. The van der Waals surface area contributed by atoms with Crippen molar-refractivity contribution < 1.29 is 4.79 Å². The van der Waals surface area contributed by atoms with Gasteiger partial charge < -0.3 is 15.6 Å². The highest BCUT2D eigenvalue weighted by atomic mass is 35.5. The molecular formula is C14H20ClN3O. The highest BCUT2D eigenvalue weighted by Gasteiger charge is 2.01. The Morgan fingerprint density at radius 3 is 2.84 bits per heavy atom. The molecule has 1 aromatic heterocycles. The Bertz CT molecular complexity index is 524. The summed E-state index contributed by atoms with van der Waals surface area (Å²) < 4.78 is 2.21. The Hall–Kier alpha value is -1.52. The molecule has 2 aromatic rings. The molecule has 0 aliphatic heterocycles. The Morgan fingerprint density at radius 2 is 2.05 bits per heavy atom. The molecular weight excluding hydrogens is 262 g/mol. The first-order chi connectivity index (χ1) is 8.81. The van der Waals surface area contributed by atoms with Gasteiger partial charge in [-0.05, 0) is 23.9 Å². The third-order valence-electron chi connectivity index (χ3n) is 2.95. The first-order valence-corrected chi connectivity index (χ1v) is 6.32. The van der Waals surface area contributed by atoms with Crippen LogP contribution < -0.4 is 11.1 Å². The third kappa shape index (κ3) is 4.26. The van der Waals surface area contributed by atoms with Crippen molar-refractivity contribution in [3.8, 4) is 0 Å². The van der Waals surface area contributed by atoms with E-state index >= 15 is 0 Å². The van der Waals surface area contributed by atoms with E-state index in [1.54, 1.807) is 0 Å². The number of amides is 1. The Kier molecular flexibility index (Phi) is 6.39. The number of nitrogens with one attached hydrogen (secondary N) is 1. The van der Waals surface area contributed by atoms with Crippen LogP contribution in [0.25, 0.3) is 10.9 Å². The van der Waals surface area contributed by atoms with Crippen molar-refractivity contribution in [3.63, 3.8) is 0 Å². The lowest BCUT2D eigenvalue weighted by Gasteiger charge is -2.06. The molecule has 0 atom stereocenters. The lowest BCUT2D eigenvalue weighted by atomic mass is 10.2. The molecule has 0 fully saturated rings. The summed E-state index contributed by atoms with van der Waals surface area (Å²) in [5, 5.41) is 4.12. The molecule has 1 amide bonds. The minimum absolute atomic E-state index is 0. The van der Waals surface area contributed by atoms with Gasteiger partial charge in [-0.2, -0.15) is 0 Å². The molecule has 0 aliphatic rings. The summed E-state index contributed by atoms with van der Waals surface area (Å²) in [6.07, 6.45) is 3.42. The van der Waals surface area contributed by atoms with Gasteiger partial charge in [0, 0.05) is 37.8 Å². The number of fused-ring (bicyclic) bond motifs is 1. The predicted molar refractivity (Wildman–Crippen MR) is 80.5 cm³/mol. The van der Waals surface area contributed by atoms with E-state index in [2.05, 4.69) is 34.3 Å². The largest absolute Gasteiger partial charge is 0.356 e. The SMILES string of the molecule is Cl.NCCC(=O)NCCCn1ccc2ccccc21. The summed E-state index contributed by atoms with van der Waals surface area (Å²) in [6.45, 7) is 2.02. The van der Waals surface area contributed by atoms with Crippen molar-refractivity contribution in [1.29, 1.82) is 0 Å². The zero-order valence-electron chi connectivity index (χ0n) is 10.8. The lowest BCUT2D eigenvalue weighted by Crippen LogP contribution is -2.27. The van der Waals surface area contributed by atoms with Gasteiger partial charge in [-0.3, -0.25) is 4.79 Å². The van der Waals surface area contributed by atoms with Crippen LogP contribution in [-0.2, 0) is 11.3 Å². The molecule has 104 valence electrons. The fourth-order valence-electron chi connectivity index (χ4n) is 2.03. The summed E-state index contributed by atoms with van der Waals surface area (Å²) in [6, 6.07) is 10.4. The van der Waals surface area contributed by atoms with Gasteiger partial charge in [0.2, 0.25) is 5.91 Å². The van der Waals surface area contributed by atoms with Gasteiger partial charge in [-0.25, -0.2) is 0 Å². The molecule has 2 rings (SSSR count). The second-order valence-electron chi connectivity index (χ2n) is 4.31. The normalized spacial score (nSPS) is 10.2. The molecule has 5 heteroatoms. The number of hydrogen-bond acceptors (Lipinski definition) is 2. The van der Waals surface area contributed by atoms with E-state index in [1.165, 1.54) is 10.9 Å². The number of benzene rings is 1. The highest BCUT2D eigenvalue weighted by Crippen LogP contribution is 2.15. The van der Waals surface area contributed by atoms with Crippen molar-refractivity contribution in [3.05, 3.63) is 36.5 Å². The average molecular weight is 282 g/mol. The van der Waals surface area contributed by atoms with Crippen LogP contribution >= 0.6 is 12.4 Å². The number of rotatable bonds is 6. The summed E-state index contributed by atoms with van der Waals surface area (Å²) in [4.78, 5) is 11.2. The van der Waals surface area contributed by atoms with Crippen LogP contribution in [0.15, 0.2) is 36.5 Å². The predicted octanol–water partition coefficient (Wildman–Crippen LogP) is 1.92. The zero-order valence-corrected chi connectivity index (χ0v) is 11.7. The molecule has 1 aromatic carbocycles. The van der Waals surface area contributed by atoms with Crippen molar-refractivity contribution in [2.75, 3.05) is 13.1 Å². The Labute approximate surface area is 119 Å². The van der Waals surface area contributed by atoms with Crippen molar-refractivity contribution in [1.82, 2.24) is 9.88 Å². The molecule has 19 heavy (non-hydrogen) atoms. The van der Waals surface area contributed by atoms with E-state index in [0.717, 1.165) is 13.0 Å². The first-order valence-electron chi connectivity index (χ1n) is 6.32. The molecule has 0 aliphatic carbocycles. The molecule has 0 unspecified atom stereocenters.